The lowest BCUT2D eigenvalue weighted by atomic mass is 9.83. The van der Waals surface area contributed by atoms with Gasteiger partial charge in [0.1, 0.15) is 0 Å². The van der Waals surface area contributed by atoms with Crippen molar-refractivity contribution in [2.24, 2.45) is 0 Å². The lowest BCUT2D eigenvalue weighted by Gasteiger charge is -2.20. The van der Waals surface area contributed by atoms with Crippen LogP contribution in [0.5, 0.6) is 0 Å². The molecule has 0 unspecified atom stereocenters. The van der Waals surface area contributed by atoms with Crippen LogP contribution < -0.4 is 0 Å². The third-order valence-corrected chi connectivity index (χ3v) is 8.41. The molecule has 0 amide bonds. The number of rotatable bonds is 4. The summed E-state index contributed by atoms with van der Waals surface area (Å²) >= 11 is 0. The second-order valence-electron chi connectivity index (χ2n) is 11.1. The number of aryl methyl sites for hydroxylation is 1. The number of allylic oxidation sites excluding steroid dienone is 2. The second-order valence-corrected chi connectivity index (χ2v) is 11.1. The third-order valence-electron chi connectivity index (χ3n) is 8.41. The highest BCUT2D eigenvalue weighted by atomic mass is 16.1. The SMILES string of the molecule is C=CC.C=Cc1ccc2c3cccc4c(-c5ccc(C)c6c(C(=C)C)cccc56)ccc(c5ccc(C(C)=O)c1c25)c43.CC.CC. The van der Waals surface area contributed by atoms with Gasteiger partial charge in [0, 0.05) is 10.9 Å². The smallest absolute Gasteiger partial charge is 0.160 e. The lowest BCUT2D eigenvalue weighted by Crippen LogP contribution is -1.98. The first kappa shape index (κ1) is 33.9. The number of ketones is 1. The van der Waals surface area contributed by atoms with Gasteiger partial charge in [-0.1, -0.05) is 144 Å². The number of benzene rings is 7. The molecule has 46 heavy (non-hydrogen) atoms. The van der Waals surface area contributed by atoms with Gasteiger partial charge >= 0.3 is 0 Å². The van der Waals surface area contributed by atoms with Gasteiger partial charge in [0.2, 0.25) is 0 Å². The molecule has 0 bridgehead atoms. The summed E-state index contributed by atoms with van der Waals surface area (Å²) in [4.78, 5) is 12.7. The minimum atomic E-state index is 0.0709. The highest BCUT2D eigenvalue weighted by Gasteiger charge is 2.20. The maximum Gasteiger partial charge on any atom is 0.160 e. The minimum Gasteiger partial charge on any atom is -0.294 e. The zero-order valence-electron chi connectivity index (χ0n) is 28.8. The normalized spacial score (nSPS) is 10.5. The van der Waals surface area contributed by atoms with Crippen LogP contribution in [0.15, 0.2) is 111 Å². The van der Waals surface area contributed by atoms with Gasteiger partial charge in [-0.15, -0.1) is 6.58 Å². The number of hydrogen-bond donors (Lipinski definition) is 0. The van der Waals surface area contributed by atoms with Crippen molar-refractivity contribution in [3.05, 3.63) is 133 Å². The molecule has 7 aromatic rings. The minimum absolute atomic E-state index is 0.0709. The van der Waals surface area contributed by atoms with Gasteiger partial charge in [0.25, 0.3) is 0 Å². The van der Waals surface area contributed by atoms with Gasteiger partial charge in [-0.25, -0.2) is 0 Å². The standard InChI is InChI=1S/C38H28O.C3H6.2C2H6/c1-6-24-14-16-33-31-12-8-11-30-28(27-15-13-22(4)35-25(21(2)3)9-7-10-29(27)35)18-20-32(37(30)31)34-19-17-26(23(5)39)36(24)38(33)34;1-3-2;2*1-2/h6-20H,1-2H2,3-5H3;3H,1H2,2H3;2*1-2H3. The lowest BCUT2D eigenvalue weighted by molar-refractivity contribution is 0.101. The van der Waals surface area contributed by atoms with E-state index in [4.69, 9.17) is 0 Å². The average Bonchev–Trinajstić information content (AvgIpc) is 3.08. The molecule has 0 atom stereocenters. The molecule has 0 spiro atoms. The number of hydrogen-bond acceptors (Lipinski definition) is 1. The first-order chi connectivity index (χ1) is 22.3. The largest absolute Gasteiger partial charge is 0.294 e. The number of fused-ring (bicyclic) bond motifs is 3. The van der Waals surface area contributed by atoms with Gasteiger partial charge in [-0.05, 0) is 104 Å². The summed E-state index contributed by atoms with van der Waals surface area (Å²) in [6.45, 7) is 27.5. The van der Waals surface area contributed by atoms with E-state index in [1.165, 1.54) is 65.3 Å². The Bertz CT molecular complexity index is 2220. The van der Waals surface area contributed by atoms with Crippen LogP contribution >= 0.6 is 0 Å². The van der Waals surface area contributed by atoms with E-state index < -0.39 is 0 Å². The van der Waals surface area contributed by atoms with Gasteiger partial charge in [0.05, 0.1) is 0 Å². The van der Waals surface area contributed by atoms with Crippen molar-refractivity contribution in [1.29, 1.82) is 0 Å². The molecule has 0 aliphatic heterocycles. The van der Waals surface area contributed by atoms with E-state index in [1.54, 1.807) is 13.0 Å². The summed E-state index contributed by atoms with van der Waals surface area (Å²) < 4.78 is 0. The summed E-state index contributed by atoms with van der Waals surface area (Å²) in [5, 5.41) is 11.9. The Morgan fingerprint density at radius 3 is 1.63 bits per heavy atom. The Labute approximate surface area is 274 Å². The van der Waals surface area contributed by atoms with E-state index in [9.17, 15) is 4.79 Å². The van der Waals surface area contributed by atoms with Crippen LogP contribution in [0.25, 0.3) is 76.6 Å². The molecular weight excluding hydrogens is 556 g/mol. The molecule has 0 aliphatic rings. The topological polar surface area (TPSA) is 17.1 Å². The first-order valence-corrected chi connectivity index (χ1v) is 16.4. The zero-order valence-corrected chi connectivity index (χ0v) is 28.8. The molecule has 7 aromatic carbocycles. The third kappa shape index (κ3) is 5.52. The second kappa shape index (κ2) is 14.4. The van der Waals surface area contributed by atoms with E-state index in [-0.39, 0.29) is 5.78 Å². The van der Waals surface area contributed by atoms with Gasteiger partial charge in [-0.2, -0.15) is 0 Å². The fourth-order valence-electron chi connectivity index (χ4n) is 6.70. The molecule has 1 heteroatoms. The van der Waals surface area contributed by atoms with E-state index in [0.717, 1.165) is 27.5 Å². The fourth-order valence-corrected chi connectivity index (χ4v) is 6.70. The maximum atomic E-state index is 12.7. The predicted octanol–water partition coefficient (Wildman–Crippen LogP) is 14.0. The summed E-state index contributed by atoms with van der Waals surface area (Å²) in [5.41, 5.74) is 7.73. The van der Waals surface area contributed by atoms with Crippen LogP contribution in [0, 0.1) is 6.92 Å². The molecule has 0 aliphatic carbocycles. The predicted molar refractivity (Wildman–Crippen MR) is 209 cm³/mol. The summed E-state index contributed by atoms with van der Waals surface area (Å²) in [6, 6.07) is 30.6. The summed E-state index contributed by atoms with van der Waals surface area (Å²) in [7, 11) is 0. The van der Waals surface area contributed by atoms with Crippen molar-refractivity contribution in [3.63, 3.8) is 0 Å². The van der Waals surface area contributed by atoms with Crippen LogP contribution in [0.3, 0.4) is 0 Å². The Morgan fingerprint density at radius 2 is 1.04 bits per heavy atom. The monoisotopic (exact) mass is 602 g/mol. The molecule has 0 fully saturated rings. The number of carbonyl (C=O) groups excluding carboxylic acids is 1. The molecule has 0 saturated heterocycles. The average molecular weight is 603 g/mol. The quantitative estimate of drug-likeness (QED) is 0.0847. The highest BCUT2D eigenvalue weighted by Crippen LogP contribution is 2.46. The molecule has 0 radical (unpaired) electrons. The molecule has 7 rings (SSSR count). The molecule has 0 heterocycles. The van der Waals surface area contributed by atoms with E-state index >= 15 is 0 Å². The van der Waals surface area contributed by atoms with Crippen LogP contribution in [0.1, 0.15) is 75.5 Å². The van der Waals surface area contributed by atoms with E-state index in [0.29, 0.717) is 0 Å². The van der Waals surface area contributed by atoms with Crippen LogP contribution in [0.4, 0.5) is 0 Å². The Kier molecular flexibility index (Phi) is 10.6. The van der Waals surface area contributed by atoms with Crippen LogP contribution in [0.2, 0.25) is 0 Å². The molecular formula is C45H46O. The van der Waals surface area contributed by atoms with Crippen molar-refractivity contribution >= 4 is 71.3 Å². The van der Waals surface area contributed by atoms with Crippen LogP contribution in [-0.2, 0) is 0 Å². The van der Waals surface area contributed by atoms with Crippen molar-refractivity contribution in [2.75, 3.05) is 0 Å². The maximum absolute atomic E-state index is 12.7. The van der Waals surface area contributed by atoms with Gasteiger partial charge < -0.3 is 0 Å². The first-order valence-electron chi connectivity index (χ1n) is 16.4. The summed E-state index contributed by atoms with van der Waals surface area (Å²) in [6.07, 6.45) is 3.61. The van der Waals surface area contributed by atoms with E-state index in [1.807, 2.05) is 46.8 Å². The van der Waals surface area contributed by atoms with Crippen molar-refractivity contribution in [2.45, 2.75) is 55.4 Å². The highest BCUT2D eigenvalue weighted by molar-refractivity contribution is 6.36. The van der Waals surface area contributed by atoms with Crippen LogP contribution in [-0.4, -0.2) is 5.78 Å². The van der Waals surface area contributed by atoms with Gasteiger partial charge in [-0.3, -0.25) is 4.79 Å². The molecule has 0 N–H and O–H groups in total. The summed E-state index contributed by atoms with van der Waals surface area (Å²) in [5.74, 6) is 0.0709. The fraction of sp³-hybridized carbons (Fsp3) is 0.178. The molecule has 1 nitrogen and oxygen atoms in total. The van der Waals surface area contributed by atoms with Gasteiger partial charge in [0.15, 0.2) is 5.78 Å². The van der Waals surface area contributed by atoms with Crippen molar-refractivity contribution < 1.29 is 4.79 Å². The Balaban J connectivity index is 0.000000639. The molecule has 0 saturated carbocycles. The van der Waals surface area contributed by atoms with Crippen molar-refractivity contribution in [1.82, 2.24) is 0 Å². The Morgan fingerprint density at radius 1 is 0.565 bits per heavy atom. The number of Topliss-reactive ketones (excluding diaryl/α,β-unsaturated/α-hetero) is 1. The molecule has 232 valence electrons. The van der Waals surface area contributed by atoms with Crippen molar-refractivity contribution in [3.8, 4) is 11.1 Å². The Hall–Kier alpha value is -5.01. The van der Waals surface area contributed by atoms with E-state index in [2.05, 4.69) is 112 Å². The zero-order chi connectivity index (χ0) is 33.7. The molecule has 0 aromatic heterocycles. The number of carbonyl (C=O) groups is 1.